The number of hydrogen-bond donors (Lipinski definition) is 0. The minimum Gasteiger partial charge on any atom is -0.0654 e. The summed E-state index contributed by atoms with van der Waals surface area (Å²) >= 11 is 0. The molecule has 1 unspecified atom stereocenters. The van der Waals surface area contributed by atoms with E-state index in [0.29, 0.717) is 5.41 Å². The zero-order valence-electron chi connectivity index (χ0n) is 13.9. The summed E-state index contributed by atoms with van der Waals surface area (Å²) in [6, 6.07) is 0. The van der Waals surface area contributed by atoms with Gasteiger partial charge in [0, 0.05) is 0 Å². The molecule has 0 N–H and O–H groups in total. The van der Waals surface area contributed by atoms with Crippen LogP contribution in [0.25, 0.3) is 0 Å². The van der Waals surface area contributed by atoms with Gasteiger partial charge in [-0.05, 0) is 24.2 Å². The van der Waals surface area contributed by atoms with Crippen LogP contribution < -0.4 is 0 Å². The highest BCUT2D eigenvalue weighted by Gasteiger charge is 2.20. The Morgan fingerprint density at radius 1 is 0.778 bits per heavy atom. The van der Waals surface area contributed by atoms with Gasteiger partial charge in [-0.25, -0.2) is 0 Å². The standard InChI is InChI=1S/C18H38/c1-6-8-10-11-12-13-14-17(3)16-18(4,5)15-9-7-2/h17H,6-16H2,1-5H3. The van der Waals surface area contributed by atoms with Crippen molar-refractivity contribution < 1.29 is 0 Å². The molecule has 0 aliphatic heterocycles. The fourth-order valence-corrected chi connectivity index (χ4v) is 3.08. The monoisotopic (exact) mass is 254 g/mol. The summed E-state index contributed by atoms with van der Waals surface area (Å²) in [6.07, 6.45) is 15.6. The lowest BCUT2D eigenvalue weighted by Gasteiger charge is -2.28. The molecule has 0 saturated carbocycles. The summed E-state index contributed by atoms with van der Waals surface area (Å²) in [5.74, 6) is 0.919. The Hall–Kier alpha value is 0. The minimum atomic E-state index is 0.567. The van der Waals surface area contributed by atoms with Crippen LogP contribution in [0, 0.1) is 11.3 Å². The molecule has 0 amide bonds. The van der Waals surface area contributed by atoms with Crippen LogP contribution in [0.1, 0.15) is 105 Å². The normalized spacial score (nSPS) is 13.8. The van der Waals surface area contributed by atoms with E-state index >= 15 is 0 Å². The molecule has 0 saturated heterocycles. The van der Waals surface area contributed by atoms with Crippen molar-refractivity contribution in [2.75, 3.05) is 0 Å². The second-order valence-electron chi connectivity index (χ2n) is 7.13. The number of rotatable bonds is 12. The van der Waals surface area contributed by atoms with Gasteiger partial charge in [-0.2, -0.15) is 0 Å². The molecule has 0 rings (SSSR count). The van der Waals surface area contributed by atoms with Gasteiger partial charge in [-0.15, -0.1) is 0 Å². The van der Waals surface area contributed by atoms with Gasteiger partial charge >= 0.3 is 0 Å². The maximum Gasteiger partial charge on any atom is -0.0352 e. The second kappa shape index (κ2) is 10.9. The summed E-state index contributed by atoms with van der Waals surface area (Å²) in [7, 11) is 0. The van der Waals surface area contributed by atoms with Crippen molar-refractivity contribution in [3.63, 3.8) is 0 Å². The minimum absolute atomic E-state index is 0.567. The lowest BCUT2D eigenvalue weighted by Crippen LogP contribution is -2.15. The highest BCUT2D eigenvalue weighted by Crippen LogP contribution is 2.32. The molecule has 0 nitrogen and oxygen atoms in total. The SMILES string of the molecule is CCCCCCCCC(C)CC(C)(C)CCCC. The van der Waals surface area contributed by atoms with E-state index in [1.54, 1.807) is 0 Å². The third-order valence-electron chi connectivity index (χ3n) is 4.16. The van der Waals surface area contributed by atoms with Crippen molar-refractivity contribution >= 4 is 0 Å². The molecule has 0 heterocycles. The van der Waals surface area contributed by atoms with Crippen molar-refractivity contribution in [3.05, 3.63) is 0 Å². The molecule has 18 heavy (non-hydrogen) atoms. The van der Waals surface area contributed by atoms with E-state index in [4.69, 9.17) is 0 Å². The molecule has 0 aliphatic rings. The molecule has 0 aromatic heterocycles. The van der Waals surface area contributed by atoms with Crippen molar-refractivity contribution in [3.8, 4) is 0 Å². The Morgan fingerprint density at radius 2 is 1.33 bits per heavy atom. The molecule has 0 bridgehead atoms. The third kappa shape index (κ3) is 11.1. The van der Waals surface area contributed by atoms with Crippen molar-refractivity contribution in [2.24, 2.45) is 11.3 Å². The molecule has 0 spiro atoms. The molecule has 0 aliphatic carbocycles. The van der Waals surface area contributed by atoms with Crippen LogP contribution in [0.5, 0.6) is 0 Å². The predicted octanol–water partition coefficient (Wildman–Crippen LogP) is 6.98. The van der Waals surface area contributed by atoms with Crippen LogP contribution in [0.2, 0.25) is 0 Å². The molecule has 1 atom stereocenters. The van der Waals surface area contributed by atoms with E-state index in [9.17, 15) is 0 Å². The van der Waals surface area contributed by atoms with E-state index in [2.05, 4.69) is 34.6 Å². The Labute approximate surface area is 117 Å². The molecule has 110 valence electrons. The van der Waals surface area contributed by atoms with Crippen LogP contribution in [0.4, 0.5) is 0 Å². The lowest BCUT2D eigenvalue weighted by molar-refractivity contribution is 0.240. The topological polar surface area (TPSA) is 0 Å². The van der Waals surface area contributed by atoms with Crippen LogP contribution >= 0.6 is 0 Å². The fraction of sp³-hybridized carbons (Fsp3) is 1.00. The lowest BCUT2D eigenvalue weighted by atomic mass is 9.78. The largest absolute Gasteiger partial charge is 0.0654 e. The maximum atomic E-state index is 2.46. The third-order valence-corrected chi connectivity index (χ3v) is 4.16. The smallest absolute Gasteiger partial charge is 0.0352 e. The van der Waals surface area contributed by atoms with E-state index in [1.807, 2.05) is 0 Å². The number of unbranched alkanes of at least 4 members (excludes halogenated alkanes) is 6. The quantitative estimate of drug-likeness (QED) is 0.329. The Bertz CT molecular complexity index is 169. The first-order chi connectivity index (χ1) is 8.52. The molecular formula is C18H38. The fourth-order valence-electron chi connectivity index (χ4n) is 3.08. The van der Waals surface area contributed by atoms with Crippen molar-refractivity contribution in [1.82, 2.24) is 0 Å². The van der Waals surface area contributed by atoms with Gasteiger partial charge in [-0.3, -0.25) is 0 Å². The highest BCUT2D eigenvalue weighted by atomic mass is 14.3. The maximum absolute atomic E-state index is 2.46. The Kier molecular flexibility index (Phi) is 10.9. The molecule has 0 aromatic carbocycles. The van der Waals surface area contributed by atoms with E-state index < -0.39 is 0 Å². The van der Waals surface area contributed by atoms with Gasteiger partial charge in [0.1, 0.15) is 0 Å². The van der Waals surface area contributed by atoms with Crippen LogP contribution in [0.3, 0.4) is 0 Å². The molecule has 0 heteroatoms. The predicted molar refractivity (Wildman–Crippen MR) is 85.1 cm³/mol. The zero-order valence-corrected chi connectivity index (χ0v) is 13.9. The van der Waals surface area contributed by atoms with Crippen LogP contribution in [-0.4, -0.2) is 0 Å². The average Bonchev–Trinajstić information content (AvgIpc) is 2.30. The summed E-state index contributed by atoms with van der Waals surface area (Å²) < 4.78 is 0. The molecule has 0 fully saturated rings. The summed E-state index contributed by atoms with van der Waals surface area (Å²) in [5, 5.41) is 0. The number of hydrogen-bond acceptors (Lipinski definition) is 0. The first-order valence-electron chi connectivity index (χ1n) is 8.52. The zero-order chi connectivity index (χ0) is 13.9. The Balaban J connectivity index is 3.54. The molecule has 0 radical (unpaired) electrons. The summed E-state index contributed by atoms with van der Waals surface area (Å²) in [6.45, 7) is 12.0. The van der Waals surface area contributed by atoms with Gasteiger partial charge in [-0.1, -0.05) is 92.4 Å². The van der Waals surface area contributed by atoms with Gasteiger partial charge in [0.25, 0.3) is 0 Å². The average molecular weight is 255 g/mol. The van der Waals surface area contributed by atoms with Crippen LogP contribution in [0.15, 0.2) is 0 Å². The summed E-state index contributed by atoms with van der Waals surface area (Å²) in [4.78, 5) is 0. The Morgan fingerprint density at radius 3 is 1.94 bits per heavy atom. The van der Waals surface area contributed by atoms with Gasteiger partial charge in [0.15, 0.2) is 0 Å². The van der Waals surface area contributed by atoms with Gasteiger partial charge in [0.2, 0.25) is 0 Å². The molecule has 0 aromatic rings. The van der Waals surface area contributed by atoms with Crippen LogP contribution in [-0.2, 0) is 0 Å². The highest BCUT2D eigenvalue weighted by molar-refractivity contribution is 4.71. The van der Waals surface area contributed by atoms with Gasteiger partial charge < -0.3 is 0 Å². The van der Waals surface area contributed by atoms with E-state index in [1.165, 1.54) is 70.6 Å². The van der Waals surface area contributed by atoms with E-state index in [0.717, 1.165) is 5.92 Å². The second-order valence-corrected chi connectivity index (χ2v) is 7.13. The first-order valence-corrected chi connectivity index (χ1v) is 8.52. The summed E-state index contributed by atoms with van der Waals surface area (Å²) in [5.41, 5.74) is 0.567. The van der Waals surface area contributed by atoms with Crippen molar-refractivity contribution in [2.45, 2.75) is 105 Å². The van der Waals surface area contributed by atoms with Gasteiger partial charge in [0.05, 0.1) is 0 Å². The van der Waals surface area contributed by atoms with Crippen molar-refractivity contribution in [1.29, 1.82) is 0 Å². The van der Waals surface area contributed by atoms with E-state index in [-0.39, 0.29) is 0 Å². The first kappa shape index (κ1) is 18.0. The molecular weight excluding hydrogens is 216 g/mol.